The largest absolute Gasteiger partial charge is 0.481 e. The molecule has 0 bridgehead atoms. The van der Waals surface area contributed by atoms with Gasteiger partial charge < -0.3 is 14.4 Å². The normalized spacial score (nSPS) is 21.0. The molecule has 2 aromatic rings. The van der Waals surface area contributed by atoms with Gasteiger partial charge in [0.15, 0.2) is 0 Å². The van der Waals surface area contributed by atoms with Crippen LogP contribution in [0.25, 0.3) is 0 Å². The van der Waals surface area contributed by atoms with Gasteiger partial charge in [-0.05, 0) is 36.6 Å². The molecule has 126 valence electrons. The number of hydrogen-bond donors (Lipinski definition) is 1. The highest BCUT2D eigenvalue weighted by Crippen LogP contribution is 2.37. The van der Waals surface area contributed by atoms with Gasteiger partial charge in [-0.3, -0.25) is 9.59 Å². The number of nitrogens with zero attached hydrogens (tertiary/aromatic N) is 1. The molecule has 2 atom stereocenters. The summed E-state index contributed by atoms with van der Waals surface area (Å²) in [5.74, 6) is -1.70. The Bertz CT molecular complexity index is 728. The predicted molar refractivity (Wildman–Crippen MR) is 83.6 cm³/mol. The lowest BCUT2D eigenvalue weighted by Crippen LogP contribution is -2.46. The van der Waals surface area contributed by atoms with Crippen molar-refractivity contribution in [2.24, 2.45) is 5.92 Å². The average molecular weight is 331 g/mol. The molecule has 24 heavy (non-hydrogen) atoms. The molecule has 0 spiro atoms. The van der Waals surface area contributed by atoms with Crippen LogP contribution in [-0.2, 0) is 16.0 Å². The second-order valence-corrected chi connectivity index (χ2v) is 5.87. The van der Waals surface area contributed by atoms with Gasteiger partial charge in [0.2, 0.25) is 5.91 Å². The number of aliphatic carboxylic acids is 1. The maximum atomic E-state index is 13.8. The molecule has 5 nitrogen and oxygen atoms in total. The highest BCUT2D eigenvalue weighted by molar-refractivity contribution is 5.81. The van der Waals surface area contributed by atoms with Crippen LogP contribution in [-0.4, -0.2) is 28.4 Å². The molecule has 2 unspecified atom stereocenters. The van der Waals surface area contributed by atoms with Crippen LogP contribution in [0.4, 0.5) is 4.39 Å². The van der Waals surface area contributed by atoms with E-state index in [9.17, 15) is 19.1 Å². The van der Waals surface area contributed by atoms with Crippen molar-refractivity contribution in [1.29, 1.82) is 0 Å². The SMILES string of the molecule is O=C(O)C1CCC(=O)N(CCc2ccccc2F)C1c1ccco1. The molecular weight excluding hydrogens is 313 g/mol. The van der Waals surface area contributed by atoms with E-state index < -0.39 is 17.9 Å². The van der Waals surface area contributed by atoms with Gasteiger partial charge in [0, 0.05) is 13.0 Å². The van der Waals surface area contributed by atoms with E-state index in [2.05, 4.69) is 0 Å². The lowest BCUT2D eigenvalue weighted by atomic mass is 9.87. The van der Waals surface area contributed by atoms with Gasteiger partial charge in [0.05, 0.1) is 12.2 Å². The third kappa shape index (κ3) is 3.18. The maximum absolute atomic E-state index is 13.8. The first-order valence-corrected chi connectivity index (χ1v) is 7.87. The molecule has 6 heteroatoms. The van der Waals surface area contributed by atoms with Crippen LogP contribution in [0.2, 0.25) is 0 Å². The number of likely N-dealkylation sites (tertiary alicyclic amines) is 1. The zero-order valence-electron chi connectivity index (χ0n) is 13.0. The minimum atomic E-state index is -0.959. The molecule has 3 rings (SSSR count). The Hall–Kier alpha value is -2.63. The molecule has 1 fully saturated rings. The standard InChI is InChI=1S/C18H18FNO4/c19-14-5-2-1-4-12(14)9-10-20-16(21)8-7-13(18(22)23)17(20)15-6-3-11-24-15/h1-6,11,13,17H,7-10H2,(H,22,23). The highest BCUT2D eigenvalue weighted by atomic mass is 19.1. The second-order valence-electron chi connectivity index (χ2n) is 5.87. The van der Waals surface area contributed by atoms with Crippen molar-refractivity contribution >= 4 is 11.9 Å². The number of furan rings is 1. The Labute approximate surface area is 138 Å². The van der Waals surface area contributed by atoms with Crippen LogP contribution in [0.3, 0.4) is 0 Å². The molecular formula is C18H18FNO4. The zero-order valence-corrected chi connectivity index (χ0v) is 13.0. The number of carbonyl (C=O) groups excluding carboxylic acids is 1. The van der Waals surface area contributed by atoms with Crippen molar-refractivity contribution in [2.75, 3.05) is 6.54 Å². The van der Waals surface area contributed by atoms with Crippen molar-refractivity contribution in [1.82, 2.24) is 4.90 Å². The molecule has 0 saturated carbocycles. The average Bonchev–Trinajstić information content (AvgIpc) is 3.08. The summed E-state index contributed by atoms with van der Waals surface area (Å²) in [6.07, 6.45) is 2.23. The molecule has 0 radical (unpaired) electrons. The van der Waals surface area contributed by atoms with E-state index in [1.807, 2.05) is 0 Å². The van der Waals surface area contributed by atoms with Gasteiger partial charge >= 0.3 is 5.97 Å². The first-order chi connectivity index (χ1) is 11.6. The number of piperidine rings is 1. The maximum Gasteiger partial charge on any atom is 0.309 e. The van der Waals surface area contributed by atoms with Crippen LogP contribution in [0.15, 0.2) is 47.1 Å². The molecule has 2 heterocycles. The summed E-state index contributed by atoms with van der Waals surface area (Å²) in [5, 5.41) is 9.50. The molecule has 1 aliphatic rings. The molecule has 1 saturated heterocycles. The predicted octanol–water partition coefficient (Wildman–Crippen LogP) is 3.03. The van der Waals surface area contributed by atoms with E-state index in [0.29, 0.717) is 17.7 Å². The van der Waals surface area contributed by atoms with Crippen molar-refractivity contribution in [2.45, 2.75) is 25.3 Å². The summed E-state index contributed by atoms with van der Waals surface area (Å²) in [4.78, 5) is 25.5. The van der Waals surface area contributed by atoms with Crippen LogP contribution in [0.5, 0.6) is 0 Å². The summed E-state index contributed by atoms with van der Waals surface area (Å²) < 4.78 is 19.2. The number of carboxylic acid groups (broad SMARTS) is 1. The molecule has 1 aromatic heterocycles. The van der Waals surface area contributed by atoms with Crippen molar-refractivity contribution < 1.29 is 23.5 Å². The summed E-state index contributed by atoms with van der Waals surface area (Å²) in [5.41, 5.74) is 0.501. The zero-order chi connectivity index (χ0) is 17.1. The fourth-order valence-electron chi connectivity index (χ4n) is 3.23. The van der Waals surface area contributed by atoms with Crippen LogP contribution >= 0.6 is 0 Å². The third-order valence-electron chi connectivity index (χ3n) is 4.44. The van der Waals surface area contributed by atoms with E-state index >= 15 is 0 Å². The van der Waals surface area contributed by atoms with E-state index in [4.69, 9.17) is 4.42 Å². The fraction of sp³-hybridized carbons (Fsp3) is 0.333. The summed E-state index contributed by atoms with van der Waals surface area (Å²) in [6.45, 7) is 0.245. The summed E-state index contributed by atoms with van der Waals surface area (Å²) >= 11 is 0. The lowest BCUT2D eigenvalue weighted by Gasteiger charge is -2.38. The topological polar surface area (TPSA) is 70.8 Å². The minimum absolute atomic E-state index is 0.134. The van der Waals surface area contributed by atoms with Gasteiger partial charge in [0.1, 0.15) is 17.6 Å². The van der Waals surface area contributed by atoms with Crippen LogP contribution in [0, 0.1) is 11.7 Å². The number of hydrogen-bond acceptors (Lipinski definition) is 3. The Kier molecular flexibility index (Phi) is 4.64. The van der Waals surface area contributed by atoms with Gasteiger partial charge in [-0.15, -0.1) is 0 Å². The Morgan fingerprint density at radius 3 is 2.75 bits per heavy atom. The number of rotatable bonds is 5. The van der Waals surface area contributed by atoms with Gasteiger partial charge in [-0.25, -0.2) is 4.39 Å². The van der Waals surface area contributed by atoms with E-state index in [0.717, 1.165) is 0 Å². The Morgan fingerprint density at radius 2 is 2.08 bits per heavy atom. The smallest absolute Gasteiger partial charge is 0.309 e. The monoisotopic (exact) mass is 331 g/mol. The first-order valence-electron chi connectivity index (χ1n) is 7.87. The number of halogens is 1. The molecule has 1 amide bonds. The Morgan fingerprint density at radius 1 is 1.29 bits per heavy atom. The number of benzene rings is 1. The number of carbonyl (C=O) groups is 2. The molecule has 1 aromatic carbocycles. The highest BCUT2D eigenvalue weighted by Gasteiger charge is 2.42. The second kappa shape index (κ2) is 6.86. The lowest BCUT2D eigenvalue weighted by molar-refractivity contribution is -0.152. The first kappa shape index (κ1) is 16.2. The quantitative estimate of drug-likeness (QED) is 0.914. The summed E-state index contributed by atoms with van der Waals surface area (Å²) in [7, 11) is 0. The summed E-state index contributed by atoms with van der Waals surface area (Å²) in [6, 6.07) is 9.07. The Balaban J connectivity index is 1.85. The van der Waals surface area contributed by atoms with Crippen LogP contribution < -0.4 is 0 Å². The van der Waals surface area contributed by atoms with Gasteiger partial charge in [0.25, 0.3) is 0 Å². The van der Waals surface area contributed by atoms with E-state index in [-0.39, 0.29) is 31.1 Å². The third-order valence-corrected chi connectivity index (χ3v) is 4.44. The van der Waals surface area contributed by atoms with Gasteiger partial charge in [-0.2, -0.15) is 0 Å². The molecule has 0 aliphatic carbocycles. The molecule has 1 N–H and O–H groups in total. The van der Waals surface area contributed by atoms with Crippen LogP contribution in [0.1, 0.15) is 30.2 Å². The van der Waals surface area contributed by atoms with E-state index in [1.54, 1.807) is 30.3 Å². The van der Waals surface area contributed by atoms with Crippen molar-refractivity contribution in [3.63, 3.8) is 0 Å². The molecule has 1 aliphatic heterocycles. The number of carboxylic acids is 1. The van der Waals surface area contributed by atoms with E-state index in [1.165, 1.54) is 17.2 Å². The number of amides is 1. The fourth-order valence-corrected chi connectivity index (χ4v) is 3.23. The minimum Gasteiger partial charge on any atom is -0.481 e. The van der Waals surface area contributed by atoms with Crippen molar-refractivity contribution in [3.8, 4) is 0 Å². The van der Waals surface area contributed by atoms with Gasteiger partial charge in [-0.1, -0.05) is 18.2 Å². The van der Waals surface area contributed by atoms with Crippen molar-refractivity contribution in [3.05, 3.63) is 59.8 Å².